The van der Waals surface area contributed by atoms with Crippen LogP contribution in [0.15, 0.2) is 18.2 Å². The topological polar surface area (TPSA) is 13.6 Å². The minimum atomic E-state index is 0.130. The summed E-state index contributed by atoms with van der Waals surface area (Å²) < 4.78 is 5.45. The van der Waals surface area contributed by atoms with Crippen LogP contribution in [-0.4, -0.2) is 12.6 Å². The molecule has 0 amide bonds. The molecular formula is C13H15NO. The summed E-state index contributed by atoms with van der Waals surface area (Å²) in [5, 5.41) is 0. The smallest absolute Gasteiger partial charge is 0.227 e. The van der Waals surface area contributed by atoms with Crippen LogP contribution in [0.2, 0.25) is 0 Å². The predicted molar refractivity (Wildman–Crippen MR) is 60.0 cm³/mol. The maximum atomic E-state index is 7.06. The standard InChI is InChI=1S/C13H15NO/c1-3-12(14-2)9-10-4-5-13-11(8-10)6-7-15-13/h4-5,8,12H,3,6-7,9H2,1H3. The lowest BCUT2D eigenvalue weighted by molar-refractivity contribution is 0.357. The lowest BCUT2D eigenvalue weighted by atomic mass is 10.0. The molecule has 0 fully saturated rings. The van der Waals surface area contributed by atoms with Crippen molar-refractivity contribution in [3.05, 3.63) is 40.7 Å². The third kappa shape index (κ3) is 2.12. The number of fused-ring (bicyclic) bond motifs is 1. The van der Waals surface area contributed by atoms with Crippen LogP contribution in [0, 0.1) is 6.57 Å². The normalized spacial score (nSPS) is 15.2. The number of benzene rings is 1. The van der Waals surface area contributed by atoms with Crippen molar-refractivity contribution in [1.82, 2.24) is 0 Å². The van der Waals surface area contributed by atoms with Crippen molar-refractivity contribution in [1.29, 1.82) is 0 Å². The molecule has 1 unspecified atom stereocenters. The van der Waals surface area contributed by atoms with Crippen LogP contribution in [-0.2, 0) is 12.8 Å². The quantitative estimate of drug-likeness (QED) is 0.686. The van der Waals surface area contributed by atoms with Gasteiger partial charge in [-0.05, 0) is 17.2 Å². The molecule has 2 nitrogen and oxygen atoms in total. The maximum absolute atomic E-state index is 7.06. The molecule has 1 aromatic rings. The van der Waals surface area contributed by atoms with Gasteiger partial charge in [-0.25, -0.2) is 6.57 Å². The van der Waals surface area contributed by atoms with Gasteiger partial charge < -0.3 is 9.58 Å². The van der Waals surface area contributed by atoms with Crippen molar-refractivity contribution in [2.45, 2.75) is 32.2 Å². The van der Waals surface area contributed by atoms with E-state index in [1.54, 1.807) is 0 Å². The summed E-state index contributed by atoms with van der Waals surface area (Å²) >= 11 is 0. The van der Waals surface area contributed by atoms with Gasteiger partial charge in [0.1, 0.15) is 5.75 Å². The molecule has 78 valence electrons. The first-order chi connectivity index (χ1) is 7.33. The van der Waals surface area contributed by atoms with Gasteiger partial charge in [-0.3, -0.25) is 0 Å². The van der Waals surface area contributed by atoms with Crippen LogP contribution >= 0.6 is 0 Å². The highest BCUT2D eigenvalue weighted by Gasteiger charge is 2.15. The van der Waals surface area contributed by atoms with Crippen LogP contribution in [0.1, 0.15) is 24.5 Å². The average Bonchev–Trinajstić information content (AvgIpc) is 2.73. The maximum Gasteiger partial charge on any atom is 0.227 e. The monoisotopic (exact) mass is 201 g/mol. The Kier molecular flexibility index (Phi) is 2.91. The summed E-state index contributed by atoms with van der Waals surface area (Å²) in [7, 11) is 0. The SMILES string of the molecule is [C-]#[N+]C(CC)Cc1ccc2c(c1)CCO2. The van der Waals surface area contributed by atoms with Gasteiger partial charge in [0.25, 0.3) is 0 Å². The second-order valence-corrected chi connectivity index (χ2v) is 3.94. The number of nitrogens with zero attached hydrogens (tertiary/aromatic N) is 1. The van der Waals surface area contributed by atoms with Crippen molar-refractivity contribution in [2.24, 2.45) is 0 Å². The Labute approximate surface area is 90.7 Å². The zero-order valence-corrected chi connectivity index (χ0v) is 8.99. The molecule has 0 radical (unpaired) electrons. The molecule has 0 saturated carbocycles. The molecule has 0 aliphatic carbocycles. The van der Waals surface area contributed by atoms with Gasteiger partial charge in [0, 0.05) is 19.3 Å². The Morgan fingerprint density at radius 2 is 2.40 bits per heavy atom. The summed E-state index contributed by atoms with van der Waals surface area (Å²) in [4.78, 5) is 3.61. The van der Waals surface area contributed by atoms with E-state index >= 15 is 0 Å². The molecule has 1 aliphatic rings. The second kappa shape index (κ2) is 4.35. The van der Waals surface area contributed by atoms with Crippen LogP contribution in [0.5, 0.6) is 5.75 Å². The summed E-state index contributed by atoms with van der Waals surface area (Å²) in [5.41, 5.74) is 2.56. The average molecular weight is 201 g/mol. The Morgan fingerprint density at radius 1 is 1.53 bits per heavy atom. The number of ether oxygens (including phenoxy) is 1. The van der Waals surface area contributed by atoms with Crippen molar-refractivity contribution >= 4 is 0 Å². The largest absolute Gasteiger partial charge is 0.493 e. The highest BCUT2D eigenvalue weighted by molar-refractivity contribution is 5.40. The van der Waals surface area contributed by atoms with Gasteiger partial charge in [0.05, 0.1) is 6.61 Å². The van der Waals surface area contributed by atoms with E-state index in [0.717, 1.165) is 31.6 Å². The van der Waals surface area contributed by atoms with E-state index in [-0.39, 0.29) is 6.04 Å². The second-order valence-electron chi connectivity index (χ2n) is 3.94. The van der Waals surface area contributed by atoms with E-state index in [1.807, 2.05) is 6.07 Å². The fourth-order valence-corrected chi connectivity index (χ4v) is 1.92. The lowest BCUT2D eigenvalue weighted by Gasteiger charge is -2.05. The summed E-state index contributed by atoms with van der Waals surface area (Å²) in [6, 6.07) is 6.44. The molecule has 1 aliphatic heterocycles. The van der Waals surface area contributed by atoms with Gasteiger partial charge in [-0.15, -0.1) is 0 Å². The summed E-state index contributed by atoms with van der Waals surface area (Å²) in [6.45, 7) is 9.94. The number of hydrogen-bond donors (Lipinski definition) is 0. The van der Waals surface area contributed by atoms with E-state index in [9.17, 15) is 0 Å². The van der Waals surface area contributed by atoms with Gasteiger partial charge in [-0.1, -0.05) is 19.1 Å². The molecule has 0 spiro atoms. The first-order valence-electron chi connectivity index (χ1n) is 5.44. The summed E-state index contributed by atoms with van der Waals surface area (Å²) in [5.74, 6) is 1.02. The fraction of sp³-hybridized carbons (Fsp3) is 0.462. The molecule has 0 N–H and O–H groups in total. The van der Waals surface area contributed by atoms with Crippen molar-refractivity contribution < 1.29 is 4.74 Å². The number of rotatable bonds is 3. The molecule has 15 heavy (non-hydrogen) atoms. The predicted octanol–water partition coefficient (Wildman–Crippen LogP) is 2.86. The van der Waals surface area contributed by atoms with Gasteiger partial charge in [0.15, 0.2) is 0 Å². The van der Waals surface area contributed by atoms with E-state index in [2.05, 4.69) is 23.9 Å². The Morgan fingerprint density at radius 3 is 3.13 bits per heavy atom. The third-order valence-electron chi connectivity index (χ3n) is 2.88. The van der Waals surface area contributed by atoms with Crippen LogP contribution in [0.3, 0.4) is 0 Å². The van der Waals surface area contributed by atoms with E-state index in [1.165, 1.54) is 11.1 Å². The van der Waals surface area contributed by atoms with Crippen molar-refractivity contribution in [3.8, 4) is 5.75 Å². The minimum Gasteiger partial charge on any atom is -0.493 e. The van der Waals surface area contributed by atoms with E-state index < -0.39 is 0 Å². The molecule has 2 heteroatoms. The molecule has 0 aromatic heterocycles. The number of hydrogen-bond acceptors (Lipinski definition) is 1. The zero-order chi connectivity index (χ0) is 10.7. The fourth-order valence-electron chi connectivity index (χ4n) is 1.92. The molecule has 2 rings (SSSR count). The first kappa shape index (κ1) is 10.0. The van der Waals surface area contributed by atoms with Gasteiger partial charge >= 0.3 is 0 Å². The van der Waals surface area contributed by atoms with Crippen molar-refractivity contribution in [3.63, 3.8) is 0 Å². The summed E-state index contributed by atoms with van der Waals surface area (Å²) in [6.07, 6.45) is 2.81. The Hall–Kier alpha value is -1.49. The van der Waals surface area contributed by atoms with Gasteiger partial charge in [-0.2, -0.15) is 0 Å². The van der Waals surface area contributed by atoms with Crippen LogP contribution < -0.4 is 4.74 Å². The van der Waals surface area contributed by atoms with E-state index in [4.69, 9.17) is 11.3 Å². The van der Waals surface area contributed by atoms with Crippen LogP contribution in [0.4, 0.5) is 0 Å². The van der Waals surface area contributed by atoms with Gasteiger partial charge in [0.2, 0.25) is 6.04 Å². The Bertz CT molecular complexity index is 392. The van der Waals surface area contributed by atoms with Crippen LogP contribution in [0.25, 0.3) is 4.85 Å². The third-order valence-corrected chi connectivity index (χ3v) is 2.88. The molecule has 1 heterocycles. The van der Waals surface area contributed by atoms with E-state index in [0.29, 0.717) is 0 Å². The molecular weight excluding hydrogens is 186 g/mol. The zero-order valence-electron chi connectivity index (χ0n) is 8.99. The molecule has 0 bridgehead atoms. The molecule has 0 saturated heterocycles. The first-order valence-corrected chi connectivity index (χ1v) is 5.44. The lowest BCUT2D eigenvalue weighted by Crippen LogP contribution is -2.04. The highest BCUT2D eigenvalue weighted by atomic mass is 16.5. The highest BCUT2D eigenvalue weighted by Crippen LogP contribution is 2.26. The van der Waals surface area contributed by atoms with Crippen molar-refractivity contribution in [2.75, 3.05) is 6.61 Å². The Balaban J connectivity index is 2.13. The molecule has 1 atom stereocenters. The minimum absolute atomic E-state index is 0.130. The molecule has 1 aromatic carbocycles.